The molecular formula is C20H21N3O3. The molecule has 3 aromatic rings. The van der Waals surface area contributed by atoms with E-state index in [-0.39, 0.29) is 18.9 Å². The van der Waals surface area contributed by atoms with E-state index in [0.29, 0.717) is 24.3 Å². The van der Waals surface area contributed by atoms with Crippen LogP contribution >= 0.6 is 0 Å². The molecule has 3 rings (SSSR count). The van der Waals surface area contributed by atoms with Gasteiger partial charge in [0.15, 0.2) is 0 Å². The number of rotatable bonds is 8. The number of aromatic nitrogens is 1. The van der Waals surface area contributed by atoms with Gasteiger partial charge in [0.2, 0.25) is 11.8 Å². The molecule has 6 heteroatoms. The smallest absolute Gasteiger partial charge is 0.224 e. The maximum absolute atomic E-state index is 12.2. The zero-order chi connectivity index (χ0) is 18.4. The summed E-state index contributed by atoms with van der Waals surface area (Å²) in [5, 5.41) is 4.03. The van der Waals surface area contributed by atoms with Crippen LogP contribution < -0.4 is 15.8 Å². The minimum absolute atomic E-state index is 0.0438. The quantitative estimate of drug-likeness (QED) is 0.582. The van der Waals surface area contributed by atoms with Crippen LogP contribution in [0.5, 0.6) is 5.75 Å². The molecule has 1 heterocycles. The topological polar surface area (TPSA) is 97.2 Å². The highest BCUT2D eigenvalue weighted by Gasteiger charge is 2.07. The Hall–Kier alpha value is -3.28. The lowest BCUT2D eigenvalue weighted by molar-refractivity contribution is -0.118. The molecule has 0 aliphatic carbocycles. The van der Waals surface area contributed by atoms with Gasteiger partial charge >= 0.3 is 0 Å². The van der Waals surface area contributed by atoms with Crippen LogP contribution in [-0.4, -0.2) is 23.4 Å². The highest BCUT2D eigenvalue weighted by Crippen LogP contribution is 2.20. The number of aromatic amines is 1. The molecule has 0 saturated heterocycles. The summed E-state index contributed by atoms with van der Waals surface area (Å²) in [6.07, 6.45) is 3.20. The van der Waals surface area contributed by atoms with Crippen molar-refractivity contribution in [3.05, 3.63) is 60.3 Å². The fraction of sp³-hybridized carbons (Fsp3) is 0.200. The number of carbonyl (C=O) groups is 2. The minimum Gasteiger partial charge on any atom is -0.493 e. The van der Waals surface area contributed by atoms with Gasteiger partial charge in [-0.3, -0.25) is 9.59 Å². The Kier molecular flexibility index (Phi) is 5.53. The number of amides is 2. The van der Waals surface area contributed by atoms with E-state index in [1.807, 2.05) is 24.4 Å². The zero-order valence-electron chi connectivity index (χ0n) is 14.3. The number of primary amides is 1. The number of ether oxygens (including phenoxy) is 1. The Morgan fingerprint density at radius 3 is 2.58 bits per heavy atom. The van der Waals surface area contributed by atoms with E-state index >= 15 is 0 Å². The van der Waals surface area contributed by atoms with Crippen molar-refractivity contribution in [2.75, 3.05) is 11.9 Å². The van der Waals surface area contributed by atoms with Crippen molar-refractivity contribution in [3.63, 3.8) is 0 Å². The molecule has 1 aromatic heterocycles. The minimum atomic E-state index is -0.399. The summed E-state index contributed by atoms with van der Waals surface area (Å²) in [7, 11) is 0. The van der Waals surface area contributed by atoms with Gasteiger partial charge in [-0.1, -0.05) is 18.2 Å². The third-order valence-corrected chi connectivity index (χ3v) is 4.05. The van der Waals surface area contributed by atoms with E-state index in [0.717, 1.165) is 16.5 Å². The van der Waals surface area contributed by atoms with Crippen molar-refractivity contribution in [1.82, 2.24) is 4.98 Å². The van der Waals surface area contributed by atoms with Gasteiger partial charge in [0.25, 0.3) is 0 Å². The van der Waals surface area contributed by atoms with Crippen LogP contribution in [0.25, 0.3) is 10.9 Å². The largest absolute Gasteiger partial charge is 0.493 e. The van der Waals surface area contributed by atoms with Gasteiger partial charge in [-0.25, -0.2) is 0 Å². The lowest BCUT2D eigenvalue weighted by Gasteiger charge is -2.08. The molecule has 6 nitrogen and oxygen atoms in total. The number of hydrogen-bond donors (Lipinski definition) is 3. The number of nitrogens with one attached hydrogen (secondary N) is 2. The van der Waals surface area contributed by atoms with Crippen LogP contribution in [0.3, 0.4) is 0 Å². The molecular weight excluding hydrogens is 330 g/mol. The Bertz CT molecular complexity index is 900. The average molecular weight is 351 g/mol. The van der Waals surface area contributed by atoms with Crippen molar-refractivity contribution in [3.8, 4) is 5.75 Å². The Labute approximate surface area is 151 Å². The molecule has 0 fully saturated rings. The van der Waals surface area contributed by atoms with Gasteiger partial charge in [-0.05, 0) is 42.3 Å². The monoisotopic (exact) mass is 351 g/mol. The standard InChI is InChI=1S/C20H21N3O3/c21-19(24)11-12-26-16-8-6-15(7-9-16)23-20(25)10-5-14-13-22-18-4-2-1-3-17(14)18/h1-4,6-9,13,22H,5,10-12H2,(H2,21,24)(H,23,25). The first-order chi connectivity index (χ1) is 12.6. The van der Waals surface area contributed by atoms with E-state index in [9.17, 15) is 9.59 Å². The molecule has 2 amide bonds. The molecule has 0 saturated carbocycles. The van der Waals surface area contributed by atoms with Gasteiger partial charge < -0.3 is 20.8 Å². The lowest BCUT2D eigenvalue weighted by Crippen LogP contribution is -2.14. The number of carbonyl (C=O) groups excluding carboxylic acids is 2. The SMILES string of the molecule is NC(=O)CCOc1ccc(NC(=O)CCc2c[nH]c3ccccc23)cc1. The Morgan fingerprint density at radius 2 is 1.81 bits per heavy atom. The summed E-state index contributed by atoms with van der Waals surface area (Å²) in [6.45, 7) is 0.242. The van der Waals surface area contributed by atoms with Crippen LogP contribution in [0.15, 0.2) is 54.7 Å². The third-order valence-electron chi connectivity index (χ3n) is 4.05. The number of anilines is 1. The molecule has 0 aliphatic heterocycles. The van der Waals surface area contributed by atoms with Crippen molar-refractivity contribution in [1.29, 1.82) is 0 Å². The summed E-state index contributed by atoms with van der Waals surface area (Å²) >= 11 is 0. The Morgan fingerprint density at radius 1 is 1.04 bits per heavy atom. The van der Waals surface area contributed by atoms with E-state index in [2.05, 4.69) is 16.4 Å². The molecule has 0 spiro atoms. The number of nitrogens with two attached hydrogens (primary N) is 1. The van der Waals surface area contributed by atoms with Crippen molar-refractivity contribution >= 4 is 28.4 Å². The molecule has 0 bridgehead atoms. The first-order valence-corrected chi connectivity index (χ1v) is 8.48. The lowest BCUT2D eigenvalue weighted by atomic mass is 10.1. The normalized spacial score (nSPS) is 10.6. The highest BCUT2D eigenvalue weighted by molar-refractivity contribution is 5.91. The second kappa shape index (κ2) is 8.20. The summed E-state index contributed by atoms with van der Waals surface area (Å²) in [4.78, 5) is 26.1. The fourth-order valence-corrected chi connectivity index (χ4v) is 2.71. The second-order valence-corrected chi connectivity index (χ2v) is 6.00. The maximum atomic E-state index is 12.2. The number of hydrogen-bond acceptors (Lipinski definition) is 3. The summed E-state index contributed by atoms with van der Waals surface area (Å²) in [5.74, 6) is 0.185. The molecule has 134 valence electrons. The van der Waals surface area contributed by atoms with Crippen molar-refractivity contribution in [2.45, 2.75) is 19.3 Å². The summed E-state index contributed by atoms with van der Waals surface area (Å²) in [6, 6.07) is 15.1. The molecule has 0 atom stereocenters. The van der Waals surface area contributed by atoms with Crippen LogP contribution in [0.2, 0.25) is 0 Å². The molecule has 4 N–H and O–H groups in total. The molecule has 0 radical (unpaired) electrons. The highest BCUT2D eigenvalue weighted by atomic mass is 16.5. The zero-order valence-corrected chi connectivity index (χ0v) is 14.3. The van der Waals surface area contributed by atoms with Crippen LogP contribution in [0.1, 0.15) is 18.4 Å². The van der Waals surface area contributed by atoms with E-state index < -0.39 is 5.91 Å². The van der Waals surface area contributed by atoms with Gasteiger partial charge in [0.1, 0.15) is 5.75 Å². The second-order valence-electron chi connectivity index (χ2n) is 6.00. The predicted molar refractivity (Wildman–Crippen MR) is 101 cm³/mol. The van der Waals surface area contributed by atoms with Crippen LogP contribution in [0, 0.1) is 0 Å². The fourth-order valence-electron chi connectivity index (χ4n) is 2.71. The van der Waals surface area contributed by atoms with Gasteiger partial charge in [0.05, 0.1) is 13.0 Å². The van der Waals surface area contributed by atoms with Gasteiger partial charge in [-0.15, -0.1) is 0 Å². The van der Waals surface area contributed by atoms with Gasteiger partial charge in [0, 0.05) is 29.2 Å². The van der Waals surface area contributed by atoms with Gasteiger partial charge in [-0.2, -0.15) is 0 Å². The molecule has 0 aliphatic rings. The number of benzene rings is 2. The number of H-pyrrole nitrogens is 1. The van der Waals surface area contributed by atoms with E-state index in [4.69, 9.17) is 10.5 Å². The summed E-state index contributed by atoms with van der Waals surface area (Å²) in [5.41, 5.74) is 7.98. The molecule has 0 unspecified atom stereocenters. The van der Waals surface area contributed by atoms with E-state index in [1.165, 1.54) is 0 Å². The summed E-state index contributed by atoms with van der Waals surface area (Å²) < 4.78 is 5.40. The van der Waals surface area contributed by atoms with Crippen molar-refractivity contribution in [2.24, 2.45) is 5.73 Å². The average Bonchev–Trinajstić information content (AvgIpc) is 3.04. The number of para-hydroxylation sites is 1. The predicted octanol–water partition coefficient (Wildman–Crippen LogP) is 2.99. The Balaban J connectivity index is 1.49. The first kappa shape index (κ1) is 17.5. The first-order valence-electron chi connectivity index (χ1n) is 8.48. The van der Waals surface area contributed by atoms with Crippen LogP contribution in [0.4, 0.5) is 5.69 Å². The number of fused-ring (bicyclic) bond motifs is 1. The third kappa shape index (κ3) is 4.63. The molecule has 26 heavy (non-hydrogen) atoms. The maximum Gasteiger partial charge on any atom is 0.224 e. The van der Waals surface area contributed by atoms with Crippen LogP contribution in [-0.2, 0) is 16.0 Å². The number of aryl methyl sites for hydroxylation is 1. The molecule has 2 aromatic carbocycles. The van der Waals surface area contributed by atoms with Crippen molar-refractivity contribution < 1.29 is 14.3 Å². The van der Waals surface area contributed by atoms with E-state index in [1.54, 1.807) is 24.3 Å².